The van der Waals surface area contributed by atoms with Gasteiger partial charge in [0.2, 0.25) is 5.88 Å². The summed E-state index contributed by atoms with van der Waals surface area (Å²) in [5.74, 6) is 1.59. The fourth-order valence-corrected chi connectivity index (χ4v) is 6.39. The number of alkyl halides is 1. The lowest BCUT2D eigenvalue weighted by Gasteiger charge is -2.32. The first-order valence-corrected chi connectivity index (χ1v) is 16.4. The molecule has 2 aliphatic heterocycles. The van der Waals surface area contributed by atoms with E-state index in [-0.39, 0.29) is 12.1 Å². The summed E-state index contributed by atoms with van der Waals surface area (Å²) in [6.45, 7) is 9.46. The molecular weight excluding hydrogens is 599 g/mol. The summed E-state index contributed by atoms with van der Waals surface area (Å²) in [7, 11) is 0. The van der Waals surface area contributed by atoms with Gasteiger partial charge in [-0.05, 0) is 89.0 Å². The van der Waals surface area contributed by atoms with Crippen LogP contribution in [-0.4, -0.2) is 67.0 Å². The number of carbonyl (C=O) groups is 1. The number of nitrogens with one attached hydrogen (secondary N) is 1. The molecule has 5 heterocycles. The zero-order chi connectivity index (χ0) is 32.5. The van der Waals surface area contributed by atoms with Crippen LogP contribution < -0.4 is 4.74 Å². The van der Waals surface area contributed by atoms with Crippen molar-refractivity contribution in [3.63, 3.8) is 0 Å². The van der Waals surface area contributed by atoms with Crippen molar-refractivity contribution in [1.29, 1.82) is 0 Å². The lowest BCUT2D eigenvalue weighted by molar-refractivity contribution is -0.0592. The van der Waals surface area contributed by atoms with Gasteiger partial charge >= 0.3 is 5.97 Å². The molecule has 246 valence electrons. The standard InChI is InChI=1S/C36H41FN6O4/c1-36(2,3)47-35(44)25-8-10-29-32(18-25)43(20-26-13-16-45-26)33(38-29)21-42-14-11-24(12-15-42)28-5-4-6-34(39-28)46-22-23-7-9-27-30(17-23)40-41-31(27)19-37/h4-10,17-18,24,26H,11-16,19-22H2,1-3H3,(H,40,41)/t26-/m0/s1. The summed E-state index contributed by atoms with van der Waals surface area (Å²) in [6, 6.07) is 17.4. The molecule has 0 spiro atoms. The van der Waals surface area contributed by atoms with Crippen molar-refractivity contribution in [1.82, 2.24) is 29.6 Å². The second kappa shape index (κ2) is 13.0. The fraction of sp³-hybridized carbons (Fsp3) is 0.444. The molecule has 1 atom stereocenters. The lowest BCUT2D eigenvalue weighted by atomic mass is 9.93. The van der Waals surface area contributed by atoms with Crippen LogP contribution in [0.25, 0.3) is 21.9 Å². The number of aromatic nitrogens is 5. The second-order valence-electron chi connectivity index (χ2n) is 13.5. The van der Waals surface area contributed by atoms with Crippen LogP contribution in [0.1, 0.15) is 79.1 Å². The van der Waals surface area contributed by atoms with E-state index < -0.39 is 12.3 Å². The van der Waals surface area contributed by atoms with Gasteiger partial charge < -0.3 is 18.8 Å². The number of hydrogen-bond donors (Lipinski definition) is 1. The van der Waals surface area contributed by atoms with Crippen LogP contribution in [0.15, 0.2) is 54.6 Å². The molecule has 0 radical (unpaired) electrons. The van der Waals surface area contributed by atoms with E-state index in [1.165, 1.54) is 0 Å². The van der Waals surface area contributed by atoms with Gasteiger partial charge in [-0.2, -0.15) is 5.10 Å². The Balaban J connectivity index is 0.998. The first kappa shape index (κ1) is 31.3. The molecule has 2 saturated heterocycles. The average molecular weight is 641 g/mol. The average Bonchev–Trinajstić information content (AvgIpc) is 3.61. The summed E-state index contributed by atoms with van der Waals surface area (Å²) in [4.78, 5) is 25.2. The molecule has 11 heteroatoms. The monoisotopic (exact) mass is 640 g/mol. The highest BCUT2D eigenvalue weighted by molar-refractivity contribution is 5.94. The Morgan fingerprint density at radius 2 is 1.89 bits per heavy atom. The molecule has 0 bridgehead atoms. The van der Waals surface area contributed by atoms with E-state index in [1.54, 1.807) is 6.07 Å². The number of benzene rings is 2. The fourth-order valence-electron chi connectivity index (χ4n) is 6.39. The highest BCUT2D eigenvalue weighted by atomic mass is 19.1. The third kappa shape index (κ3) is 7.01. The highest BCUT2D eigenvalue weighted by Crippen LogP contribution is 2.30. The summed E-state index contributed by atoms with van der Waals surface area (Å²) >= 11 is 0. The SMILES string of the molecule is CC(C)(C)OC(=O)c1ccc2nc(CN3CCC(c4cccc(OCc5ccc6c(CF)n[nH]c6c5)n4)CC3)n(C[C@@H]3CCO3)c2c1. The van der Waals surface area contributed by atoms with Gasteiger partial charge in [-0.15, -0.1) is 0 Å². The third-order valence-electron chi connectivity index (χ3n) is 8.98. The van der Waals surface area contributed by atoms with E-state index in [2.05, 4.69) is 25.7 Å². The number of aromatic amines is 1. The van der Waals surface area contributed by atoms with Crippen molar-refractivity contribution in [3.8, 4) is 5.88 Å². The maximum atomic E-state index is 13.1. The topological polar surface area (TPSA) is 107 Å². The van der Waals surface area contributed by atoms with E-state index in [0.29, 0.717) is 36.2 Å². The van der Waals surface area contributed by atoms with Crippen molar-refractivity contribution >= 4 is 27.9 Å². The lowest BCUT2D eigenvalue weighted by Crippen LogP contribution is -2.35. The Bertz CT molecular complexity index is 1880. The number of carbonyl (C=O) groups excluding carboxylic acids is 1. The molecular formula is C36H41FN6O4. The number of H-pyrrole nitrogens is 1. The summed E-state index contributed by atoms with van der Waals surface area (Å²) in [5.41, 5.74) is 4.99. The van der Waals surface area contributed by atoms with Crippen molar-refractivity contribution in [2.24, 2.45) is 0 Å². The highest BCUT2D eigenvalue weighted by Gasteiger charge is 2.27. The van der Waals surface area contributed by atoms with Crippen LogP contribution in [0.3, 0.4) is 0 Å². The minimum absolute atomic E-state index is 0.158. The van der Waals surface area contributed by atoms with Crippen molar-refractivity contribution in [2.45, 2.75) is 84.0 Å². The number of hydrogen-bond acceptors (Lipinski definition) is 8. The van der Waals surface area contributed by atoms with Gasteiger partial charge in [-0.25, -0.2) is 19.2 Å². The maximum absolute atomic E-state index is 13.1. The Morgan fingerprint density at radius 3 is 2.64 bits per heavy atom. The van der Waals surface area contributed by atoms with Crippen LogP contribution in [0, 0.1) is 0 Å². The van der Waals surface area contributed by atoms with E-state index in [1.807, 2.05) is 63.2 Å². The molecule has 7 rings (SSSR count). The van der Waals surface area contributed by atoms with Gasteiger partial charge in [-0.3, -0.25) is 10.00 Å². The first-order valence-electron chi connectivity index (χ1n) is 16.4. The number of ether oxygens (including phenoxy) is 3. The number of imidazole rings is 1. The molecule has 0 amide bonds. The Labute approximate surface area is 273 Å². The van der Waals surface area contributed by atoms with Crippen molar-refractivity contribution in [2.75, 3.05) is 19.7 Å². The minimum Gasteiger partial charge on any atom is -0.473 e. The Hall–Kier alpha value is -4.35. The quantitative estimate of drug-likeness (QED) is 0.173. The Morgan fingerprint density at radius 1 is 1.06 bits per heavy atom. The molecule has 5 aromatic rings. The van der Waals surface area contributed by atoms with E-state index in [4.69, 9.17) is 24.2 Å². The van der Waals surface area contributed by atoms with E-state index >= 15 is 0 Å². The number of halogens is 1. The zero-order valence-corrected chi connectivity index (χ0v) is 27.2. The molecule has 0 unspecified atom stereocenters. The van der Waals surface area contributed by atoms with Crippen LogP contribution in [0.4, 0.5) is 4.39 Å². The predicted octanol–water partition coefficient (Wildman–Crippen LogP) is 6.48. The van der Waals surface area contributed by atoms with Gasteiger partial charge in [0.1, 0.15) is 30.4 Å². The molecule has 47 heavy (non-hydrogen) atoms. The van der Waals surface area contributed by atoms with Gasteiger partial charge in [0.25, 0.3) is 0 Å². The largest absolute Gasteiger partial charge is 0.473 e. The Kier molecular flexibility index (Phi) is 8.67. The van der Waals surface area contributed by atoms with Gasteiger partial charge in [0, 0.05) is 29.7 Å². The van der Waals surface area contributed by atoms with Gasteiger partial charge in [0.15, 0.2) is 0 Å². The second-order valence-corrected chi connectivity index (χ2v) is 13.5. The number of fused-ring (bicyclic) bond motifs is 2. The van der Waals surface area contributed by atoms with Crippen LogP contribution in [0.5, 0.6) is 5.88 Å². The normalized spacial score (nSPS) is 17.7. The molecule has 2 aliphatic rings. The summed E-state index contributed by atoms with van der Waals surface area (Å²) in [6.07, 6.45) is 3.15. The van der Waals surface area contributed by atoms with Crippen LogP contribution in [0.2, 0.25) is 0 Å². The number of rotatable bonds is 10. The number of likely N-dealkylation sites (tertiary alicyclic amines) is 1. The van der Waals surface area contributed by atoms with Crippen LogP contribution in [-0.2, 0) is 35.8 Å². The molecule has 0 saturated carbocycles. The number of nitrogens with zero attached hydrogens (tertiary/aromatic N) is 5. The molecule has 3 aromatic heterocycles. The van der Waals surface area contributed by atoms with E-state index in [0.717, 1.165) is 84.5 Å². The number of esters is 1. The summed E-state index contributed by atoms with van der Waals surface area (Å²) < 4.78 is 32.8. The smallest absolute Gasteiger partial charge is 0.338 e. The third-order valence-corrected chi connectivity index (χ3v) is 8.98. The van der Waals surface area contributed by atoms with Gasteiger partial charge in [-0.1, -0.05) is 18.2 Å². The van der Waals surface area contributed by atoms with Crippen LogP contribution >= 0.6 is 0 Å². The summed E-state index contributed by atoms with van der Waals surface area (Å²) in [5, 5.41) is 7.72. The molecule has 2 fully saturated rings. The predicted molar refractivity (Wildman–Crippen MR) is 176 cm³/mol. The molecule has 1 N–H and O–H groups in total. The molecule has 2 aromatic carbocycles. The van der Waals surface area contributed by atoms with Gasteiger partial charge in [0.05, 0.1) is 41.3 Å². The molecule has 10 nitrogen and oxygen atoms in total. The number of piperidine rings is 1. The van der Waals surface area contributed by atoms with Crippen molar-refractivity contribution < 1.29 is 23.4 Å². The van der Waals surface area contributed by atoms with Crippen molar-refractivity contribution in [3.05, 3.63) is 82.9 Å². The first-order chi connectivity index (χ1) is 22.7. The minimum atomic E-state index is -0.596. The zero-order valence-electron chi connectivity index (χ0n) is 27.2. The number of pyridine rings is 1. The maximum Gasteiger partial charge on any atom is 0.338 e. The van der Waals surface area contributed by atoms with E-state index in [9.17, 15) is 9.18 Å². The molecule has 0 aliphatic carbocycles.